The summed E-state index contributed by atoms with van der Waals surface area (Å²) in [6, 6.07) is -0.736. The number of ether oxygens (including phenoxy) is 2. The summed E-state index contributed by atoms with van der Waals surface area (Å²) in [5, 5.41) is 24.0. The molecule has 3 amide bonds. The number of alkyl carbamates (subject to hydrolysis) is 1. The highest BCUT2D eigenvalue weighted by Crippen LogP contribution is 2.18. The Balaban J connectivity index is 2.55. The summed E-state index contributed by atoms with van der Waals surface area (Å²) in [4.78, 5) is 38.5. The maximum absolute atomic E-state index is 12.7. The summed E-state index contributed by atoms with van der Waals surface area (Å²) in [5.41, 5.74) is 0.701. The molecule has 178 valence electrons. The van der Waals surface area contributed by atoms with Gasteiger partial charge in [-0.3, -0.25) is 9.59 Å². The van der Waals surface area contributed by atoms with Crippen molar-refractivity contribution in [2.75, 3.05) is 33.4 Å². The topological polar surface area (TPSA) is 137 Å². The number of carbonyl (C=O) groups is 3. The second-order valence-electron chi connectivity index (χ2n) is 7.31. The Morgan fingerprint density at radius 2 is 2.09 bits per heavy atom. The molecule has 2 atom stereocenters. The Bertz CT molecular complexity index is 697. The maximum atomic E-state index is 12.7. The van der Waals surface area contributed by atoms with E-state index in [1.807, 2.05) is 13.0 Å². The van der Waals surface area contributed by atoms with Gasteiger partial charge < -0.3 is 35.1 Å². The standard InChI is InChI=1S/C21H34BN3O7/c1-4-6-9-16(5-2)15-32-21(28)23-14-19(26)25-12-7-10-17(25)20(27)24-18(22(29)30)11-8-13-31-3/h4-6,9,17-18,29-30H,2,7-8,10-15H2,1,3H3,(H,23,28)(H,24,27)/b6-4-,16-9+/t17?,18-/m1/s1. The van der Waals surface area contributed by atoms with Gasteiger partial charge in [0.1, 0.15) is 19.2 Å². The predicted molar refractivity (Wildman–Crippen MR) is 120 cm³/mol. The van der Waals surface area contributed by atoms with Crippen molar-refractivity contribution in [3.05, 3.63) is 36.5 Å². The first-order chi connectivity index (χ1) is 15.3. The molecule has 0 spiro atoms. The molecule has 0 radical (unpaired) electrons. The lowest BCUT2D eigenvalue weighted by Gasteiger charge is -2.26. The molecule has 4 N–H and O–H groups in total. The molecule has 0 saturated carbocycles. The molecule has 1 fully saturated rings. The van der Waals surface area contributed by atoms with Gasteiger partial charge in [-0.25, -0.2) is 4.79 Å². The van der Waals surface area contributed by atoms with Crippen LogP contribution in [0, 0.1) is 0 Å². The third-order valence-corrected chi connectivity index (χ3v) is 4.95. The second-order valence-corrected chi connectivity index (χ2v) is 7.31. The van der Waals surface area contributed by atoms with Gasteiger partial charge in [0.05, 0.1) is 5.94 Å². The average molecular weight is 451 g/mol. The number of rotatable bonds is 13. The lowest BCUT2D eigenvalue weighted by molar-refractivity contribution is -0.137. The molecule has 11 heteroatoms. The first kappa shape index (κ1) is 27.4. The molecule has 1 aliphatic heterocycles. The fraction of sp³-hybridized carbons (Fsp3) is 0.571. The highest BCUT2D eigenvalue weighted by Gasteiger charge is 2.36. The monoisotopic (exact) mass is 451 g/mol. The van der Waals surface area contributed by atoms with Crippen molar-refractivity contribution in [1.29, 1.82) is 0 Å². The van der Waals surface area contributed by atoms with Crippen LogP contribution >= 0.6 is 0 Å². The minimum absolute atomic E-state index is 0.0105. The lowest BCUT2D eigenvalue weighted by atomic mass is 9.76. The SMILES string of the molecule is C=C/C(=C\C=C/C)COC(=O)NCC(=O)N1CCCC1C(=O)N[C@H](CCCOC)B(O)O. The van der Waals surface area contributed by atoms with Crippen molar-refractivity contribution in [3.8, 4) is 0 Å². The van der Waals surface area contributed by atoms with Gasteiger partial charge in [-0.1, -0.05) is 30.9 Å². The van der Waals surface area contributed by atoms with E-state index in [4.69, 9.17) is 9.47 Å². The molecular formula is C21H34BN3O7. The first-order valence-electron chi connectivity index (χ1n) is 10.6. The van der Waals surface area contributed by atoms with Crippen molar-refractivity contribution in [2.24, 2.45) is 0 Å². The molecule has 0 aromatic carbocycles. The summed E-state index contributed by atoms with van der Waals surface area (Å²) in [6.07, 6.45) is 8.12. The van der Waals surface area contributed by atoms with E-state index in [-0.39, 0.29) is 13.2 Å². The summed E-state index contributed by atoms with van der Waals surface area (Å²) in [5.74, 6) is -1.75. The molecule has 0 bridgehead atoms. The van der Waals surface area contributed by atoms with E-state index in [1.54, 1.807) is 18.2 Å². The summed E-state index contributed by atoms with van der Waals surface area (Å²) < 4.78 is 10.0. The maximum Gasteiger partial charge on any atom is 0.475 e. The van der Waals surface area contributed by atoms with Crippen molar-refractivity contribution in [3.63, 3.8) is 0 Å². The van der Waals surface area contributed by atoms with Crippen LogP contribution in [0.25, 0.3) is 0 Å². The highest BCUT2D eigenvalue weighted by atomic mass is 16.5. The van der Waals surface area contributed by atoms with Crippen LogP contribution in [-0.4, -0.2) is 85.4 Å². The molecule has 1 saturated heterocycles. The second kappa shape index (κ2) is 15.2. The normalized spacial score (nSPS) is 17.2. The summed E-state index contributed by atoms with van der Waals surface area (Å²) >= 11 is 0. The Hall–Kier alpha value is -2.63. The van der Waals surface area contributed by atoms with E-state index in [9.17, 15) is 24.4 Å². The van der Waals surface area contributed by atoms with E-state index >= 15 is 0 Å². The van der Waals surface area contributed by atoms with E-state index < -0.39 is 37.0 Å². The number of likely N-dealkylation sites (tertiary alicyclic amines) is 1. The zero-order valence-electron chi connectivity index (χ0n) is 18.8. The van der Waals surface area contributed by atoms with E-state index in [2.05, 4.69) is 17.2 Å². The molecule has 0 aromatic heterocycles. The fourth-order valence-corrected chi connectivity index (χ4v) is 3.20. The third kappa shape index (κ3) is 9.67. The Labute approximate surface area is 189 Å². The Kier molecular flexibility index (Phi) is 13.0. The Morgan fingerprint density at radius 1 is 1.34 bits per heavy atom. The highest BCUT2D eigenvalue weighted by molar-refractivity contribution is 6.43. The van der Waals surface area contributed by atoms with Crippen LogP contribution in [0.4, 0.5) is 4.79 Å². The number of nitrogens with zero attached hydrogens (tertiary/aromatic N) is 1. The van der Waals surface area contributed by atoms with Crippen LogP contribution in [-0.2, 0) is 19.1 Å². The van der Waals surface area contributed by atoms with Crippen LogP contribution in [0.5, 0.6) is 0 Å². The average Bonchev–Trinajstić information content (AvgIpc) is 3.27. The van der Waals surface area contributed by atoms with Gasteiger partial charge in [0.25, 0.3) is 0 Å². The fourth-order valence-electron chi connectivity index (χ4n) is 3.20. The number of carbonyl (C=O) groups excluding carboxylic acids is 3. The minimum Gasteiger partial charge on any atom is -0.445 e. The van der Waals surface area contributed by atoms with Crippen LogP contribution in [0.1, 0.15) is 32.6 Å². The van der Waals surface area contributed by atoms with Crippen LogP contribution in [0.15, 0.2) is 36.5 Å². The van der Waals surface area contributed by atoms with Gasteiger partial charge in [-0.2, -0.15) is 0 Å². The molecule has 0 aromatic rings. The van der Waals surface area contributed by atoms with Crippen molar-refractivity contribution in [1.82, 2.24) is 15.5 Å². The predicted octanol–water partition coefficient (Wildman–Crippen LogP) is 0.316. The van der Waals surface area contributed by atoms with Crippen LogP contribution in [0.3, 0.4) is 0 Å². The van der Waals surface area contributed by atoms with Crippen molar-refractivity contribution in [2.45, 2.75) is 44.6 Å². The largest absolute Gasteiger partial charge is 0.475 e. The lowest BCUT2D eigenvalue weighted by Crippen LogP contribution is -2.54. The third-order valence-electron chi connectivity index (χ3n) is 4.95. The van der Waals surface area contributed by atoms with Crippen LogP contribution < -0.4 is 10.6 Å². The van der Waals surface area contributed by atoms with Crippen LogP contribution in [0.2, 0.25) is 0 Å². The molecule has 1 unspecified atom stereocenters. The summed E-state index contributed by atoms with van der Waals surface area (Å²) in [6.45, 7) is 5.99. The molecule has 1 aliphatic rings. The zero-order valence-corrected chi connectivity index (χ0v) is 18.8. The molecule has 0 aliphatic carbocycles. The van der Waals surface area contributed by atoms with Gasteiger partial charge in [-0.05, 0) is 38.2 Å². The minimum atomic E-state index is -1.72. The molecular weight excluding hydrogens is 417 g/mol. The smallest absolute Gasteiger partial charge is 0.445 e. The van der Waals surface area contributed by atoms with Gasteiger partial charge >= 0.3 is 13.2 Å². The first-order valence-corrected chi connectivity index (χ1v) is 10.6. The van der Waals surface area contributed by atoms with E-state index in [0.29, 0.717) is 44.4 Å². The van der Waals surface area contributed by atoms with Gasteiger partial charge in [0.2, 0.25) is 11.8 Å². The molecule has 1 heterocycles. The molecule has 32 heavy (non-hydrogen) atoms. The van der Waals surface area contributed by atoms with Gasteiger partial charge in [0.15, 0.2) is 0 Å². The van der Waals surface area contributed by atoms with Gasteiger partial charge in [-0.15, -0.1) is 0 Å². The van der Waals surface area contributed by atoms with Crippen molar-refractivity contribution >= 4 is 25.0 Å². The van der Waals surface area contributed by atoms with E-state index in [0.717, 1.165) is 0 Å². The van der Waals surface area contributed by atoms with Crippen molar-refractivity contribution < 1.29 is 33.9 Å². The quantitative estimate of drug-likeness (QED) is 0.180. The molecule has 10 nitrogen and oxygen atoms in total. The zero-order chi connectivity index (χ0) is 23.9. The number of hydrogen-bond donors (Lipinski definition) is 4. The summed E-state index contributed by atoms with van der Waals surface area (Å²) in [7, 11) is -0.187. The molecule has 1 rings (SSSR count). The van der Waals surface area contributed by atoms with Gasteiger partial charge in [0, 0.05) is 20.3 Å². The number of methoxy groups -OCH3 is 1. The van der Waals surface area contributed by atoms with E-state index in [1.165, 1.54) is 12.0 Å². The number of hydrogen-bond acceptors (Lipinski definition) is 7. The number of allylic oxidation sites excluding steroid dienone is 3. The number of nitrogens with one attached hydrogen (secondary N) is 2. The number of amides is 3. The Morgan fingerprint density at radius 3 is 2.72 bits per heavy atom.